The molecule has 108 valence electrons. The van der Waals surface area contributed by atoms with Crippen molar-refractivity contribution in [3.05, 3.63) is 0 Å². The third-order valence-electron chi connectivity index (χ3n) is 3.84. The van der Waals surface area contributed by atoms with E-state index in [0.29, 0.717) is 19.6 Å². The van der Waals surface area contributed by atoms with Crippen LogP contribution in [0.1, 0.15) is 32.6 Å². The third kappa shape index (κ3) is 3.59. The quantitative estimate of drug-likeness (QED) is 0.677. The maximum atomic E-state index is 12.3. The lowest BCUT2D eigenvalue weighted by Crippen LogP contribution is -2.62. The number of nitrogens with zero attached hydrogens (tertiary/aromatic N) is 1. The van der Waals surface area contributed by atoms with Gasteiger partial charge < -0.3 is 20.9 Å². The molecule has 0 aromatic heterocycles. The van der Waals surface area contributed by atoms with Gasteiger partial charge in [-0.1, -0.05) is 12.8 Å². The number of carbonyl (C=O) groups excluding carboxylic acids is 2. The second-order valence-electron chi connectivity index (χ2n) is 5.24. The van der Waals surface area contributed by atoms with Crippen LogP contribution in [-0.2, 0) is 4.79 Å². The number of piperazine rings is 1. The first-order valence-corrected chi connectivity index (χ1v) is 7.28. The number of hydrogen-bond donors (Lipinski definition) is 3. The maximum absolute atomic E-state index is 12.3. The molecule has 19 heavy (non-hydrogen) atoms. The molecule has 1 heterocycles. The molecule has 0 spiro atoms. The number of urea groups is 1. The van der Waals surface area contributed by atoms with Crippen LogP contribution < -0.4 is 16.0 Å². The Balaban J connectivity index is 1.93. The SMILES string of the molecule is CCNC(=O)C1CNCCN1C(=O)NC1CCCC1. The van der Waals surface area contributed by atoms with Crippen molar-refractivity contribution in [2.45, 2.75) is 44.7 Å². The van der Waals surface area contributed by atoms with E-state index in [0.717, 1.165) is 19.4 Å². The Bertz CT molecular complexity index is 329. The Kier molecular flexibility index (Phi) is 5.01. The molecule has 0 aromatic rings. The number of amides is 3. The van der Waals surface area contributed by atoms with Crippen molar-refractivity contribution in [2.75, 3.05) is 26.2 Å². The van der Waals surface area contributed by atoms with Crippen LogP contribution in [0.25, 0.3) is 0 Å². The van der Waals surface area contributed by atoms with Gasteiger partial charge in [0, 0.05) is 32.2 Å². The van der Waals surface area contributed by atoms with E-state index in [1.165, 1.54) is 12.8 Å². The fourth-order valence-corrected chi connectivity index (χ4v) is 2.80. The van der Waals surface area contributed by atoms with Crippen molar-refractivity contribution in [1.29, 1.82) is 0 Å². The zero-order valence-electron chi connectivity index (χ0n) is 11.6. The molecule has 0 aromatic carbocycles. The summed E-state index contributed by atoms with van der Waals surface area (Å²) in [5.41, 5.74) is 0. The van der Waals surface area contributed by atoms with Crippen LogP contribution in [0, 0.1) is 0 Å². The zero-order chi connectivity index (χ0) is 13.7. The molecule has 6 nitrogen and oxygen atoms in total. The van der Waals surface area contributed by atoms with Crippen LogP contribution in [0.15, 0.2) is 0 Å². The molecule has 3 amide bonds. The molecule has 1 aliphatic heterocycles. The lowest BCUT2D eigenvalue weighted by atomic mass is 10.2. The molecule has 0 bridgehead atoms. The highest BCUT2D eigenvalue weighted by molar-refractivity contribution is 5.87. The van der Waals surface area contributed by atoms with Gasteiger partial charge in [-0.25, -0.2) is 4.79 Å². The molecule has 2 fully saturated rings. The minimum atomic E-state index is -0.393. The molecule has 1 aliphatic carbocycles. The van der Waals surface area contributed by atoms with E-state index >= 15 is 0 Å². The Morgan fingerprint density at radius 1 is 1.32 bits per heavy atom. The fourth-order valence-electron chi connectivity index (χ4n) is 2.80. The Morgan fingerprint density at radius 2 is 2.05 bits per heavy atom. The van der Waals surface area contributed by atoms with Crippen LogP contribution in [-0.4, -0.2) is 55.1 Å². The van der Waals surface area contributed by atoms with E-state index in [1.54, 1.807) is 4.90 Å². The molecular weight excluding hydrogens is 244 g/mol. The first-order chi connectivity index (χ1) is 9.22. The highest BCUT2D eigenvalue weighted by Crippen LogP contribution is 2.18. The van der Waals surface area contributed by atoms with Crippen molar-refractivity contribution in [3.8, 4) is 0 Å². The average Bonchev–Trinajstić information content (AvgIpc) is 2.92. The van der Waals surface area contributed by atoms with Gasteiger partial charge in [0.1, 0.15) is 6.04 Å². The van der Waals surface area contributed by atoms with Gasteiger partial charge in [-0.2, -0.15) is 0 Å². The summed E-state index contributed by atoms with van der Waals surface area (Å²) in [4.78, 5) is 25.9. The van der Waals surface area contributed by atoms with Gasteiger partial charge in [0.15, 0.2) is 0 Å². The summed E-state index contributed by atoms with van der Waals surface area (Å²) < 4.78 is 0. The lowest BCUT2D eigenvalue weighted by molar-refractivity contribution is -0.125. The minimum Gasteiger partial charge on any atom is -0.355 e. The summed E-state index contributed by atoms with van der Waals surface area (Å²) in [7, 11) is 0. The molecular formula is C13H24N4O2. The summed E-state index contributed by atoms with van der Waals surface area (Å²) in [5, 5.41) is 9.02. The minimum absolute atomic E-state index is 0.0729. The normalized spacial score (nSPS) is 24.3. The van der Waals surface area contributed by atoms with Crippen molar-refractivity contribution in [3.63, 3.8) is 0 Å². The monoisotopic (exact) mass is 268 g/mol. The predicted molar refractivity (Wildman–Crippen MR) is 72.8 cm³/mol. The highest BCUT2D eigenvalue weighted by Gasteiger charge is 2.32. The van der Waals surface area contributed by atoms with Crippen LogP contribution >= 0.6 is 0 Å². The summed E-state index contributed by atoms with van der Waals surface area (Å²) >= 11 is 0. The molecule has 2 rings (SSSR count). The molecule has 1 unspecified atom stereocenters. The molecule has 1 saturated heterocycles. The third-order valence-corrected chi connectivity index (χ3v) is 3.84. The second kappa shape index (κ2) is 6.75. The summed E-state index contributed by atoms with van der Waals surface area (Å²) in [6.07, 6.45) is 4.49. The van der Waals surface area contributed by atoms with Gasteiger partial charge in [0.2, 0.25) is 5.91 Å². The Labute approximate surface area is 114 Å². The molecule has 0 radical (unpaired) electrons. The smallest absolute Gasteiger partial charge is 0.318 e. The van der Waals surface area contributed by atoms with Crippen LogP contribution in [0.4, 0.5) is 4.79 Å². The van der Waals surface area contributed by atoms with Gasteiger partial charge in [-0.15, -0.1) is 0 Å². The number of hydrogen-bond acceptors (Lipinski definition) is 3. The van der Waals surface area contributed by atoms with Crippen molar-refractivity contribution in [1.82, 2.24) is 20.9 Å². The summed E-state index contributed by atoms with van der Waals surface area (Å²) in [6, 6.07) is -0.197. The Morgan fingerprint density at radius 3 is 2.74 bits per heavy atom. The summed E-state index contributed by atoms with van der Waals surface area (Å²) in [5.74, 6) is -0.0729. The summed E-state index contributed by atoms with van der Waals surface area (Å²) in [6.45, 7) is 4.34. The van der Waals surface area contributed by atoms with E-state index < -0.39 is 6.04 Å². The first-order valence-electron chi connectivity index (χ1n) is 7.28. The standard InChI is InChI=1S/C13H24N4O2/c1-2-15-12(18)11-9-14-7-8-17(11)13(19)16-10-5-3-4-6-10/h10-11,14H,2-9H2,1H3,(H,15,18)(H,16,19). The topological polar surface area (TPSA) is 73.5 Å². The largest absolute Gasteiger partial charge is 0.355 e. The van der Waals surface area contributed by atoms with E-state index in [1.807, 2.05) is 6.92 Å². The molecule has 6 heteroatoms. The number of likely N-dealkylation sites (N-methyl/N-ethyl adjacent to an activating group) is 1. The number of rotatable bonds is 3. The fraction of sp³-hybridized carbons (Fsp3) is 0.846. The zero-order valence-corrected chi connectivity index (χ0v) is 11.6. The van der Waals surface area contributed by atoms with Crippen LogP contribution in [0.5, 0.6) is 0 Å². The maximum Gasteiger partial charge on any atom is 0.318 e. The van der Waals surface area contributed by atoms with Gasteiger partial charge >= 0.3 is 6.03 Å². The van der Waals surface area contributed by atoms with Crippen LogP contribution in [0.3, 0.4) is 0 Å². The second-order valence-corrected chi connectivity index (χ2v) is 5.24. The predicted octanol–water partition coefficient (Wildman–Crippen LogP) is 0.0485. The molecule has 2 aliphatic rings. The van der Waals surface area contributed by atoms with Gasteiger partial charge in [-0.3, -0.25) is 4.79 Å². The molecule has 3 N–H and O–H groups in total. The van der Waals surface area contributed by atoms with Crippen molar-refractivity contribution >= 4 is 11.9 Å². The highest BCUT2D eigenvalue weighted by atomic mass is 16.2. The van der Waals surface area contributed by atoms with Gasteiger partial charge in [-0.05, 0) is 19.8 Å². The van der Waals surface area contributed by atoms with E-state index in [2.05, 4.69) is 16.0 Å². The lowest BCUT2D eigenvalue weighted by Gasteiger charge is -2.35. The van der Waals surface area contributed by atoms with Gasteiger partial charge in [0.05, 0.1) is 0 Å². The average molecular weight is 268 g/mol. The van der Waals surface area contributed by atoms with Crippen molar-refractivity contribution in [2.24, 2.45) is 0 Å². The first kappa shape index (κ1) is 14.1. The van der Waals surface area contributed by atoms with Crippen LogP contribution in [0.2, 0.25) is 0 Å². The number of carbonyl (C=O) groups is 2. The molecule has 1 atom stereocenters. The van der Waals surface area contributed by atoms with E-state index in [4.69, 9.17) is 0 Å². The van der Waals surface area contributed by atoms with E-state index in [-0.39, 0.29) is 18.0 Å². The Hall–Kier alpha value is -1.30. The number of nitrogens with one attached hydrogen (secondary N) is 3. The van der Waals surface area contributed by atoms with Gasteiger partial charge in [0.25, 0.3) is 0 Å². The van der Waals surface area contributed by atoms with Crippen molar-refractivity contribution < 1.29 is 9.59 Å². The van der Waals surface area contributed by atoms with E-state index in [9.17, 15) is 9.59 Å². The molecule has 1 saturated carbocycles.